The van der Waals surface area contributed by atoms with Crippen LogP contribution in [0.15, 0.2) is 97.2 Å². The summed E-state index contributed by atoms with van der Waals surface area (Å²) in [7, 11) is 0. The van der Waals surface area contributed by atoms with Crippen LogP contribution in [0.4, 0.5) is 0 Å². The summed E-state index contributed by atoms with van der Waals surface area (Å²) in [5.41, 5.74) is 3.06. The Morgan fingerprint density at radius 1 is 0.844 bits per heavy atom. The first kappa shape index (κ1) is 21.1. The molecule has 0 aliphatic carbocycles. The molecule has 32 heavy (non-hydrogen) atoms. The van der Waals surface area contributed by atoms with Gasteiger partial charge in [-0.15, -0.1) is 0 Å². The molecule has 0 spiro atoms. The molecule has 1 amide bonds. The van der Waals surface area contributed by atoms with Gasteiger partial charge in [-0.25, -0.2) is 0 Å². The van der Waals surface area contributed by atoms with Gasteiger partial charge in [-0.2, -0.15) is 0 Å². The van der Waals surface area contributed by atoms with Crippen molar-refractivity contribution < 1.29 is 9.53 Å². The number of para-hydroxylation sites is 1. The first-order valence-corrected chi connectivity index (χ1v) is 10.6. The van der Waals surface area contributed by atoms with E-state index in [-0.39, 0.29) is 25.0 Å². The normalized spacial score (nSPS) is 10.4. The van der Waals surface area contributed by atoms with Crippen LogP contribution in [0.5, 0.6) is 5.75 Å². The van der Waals surface area contributed by atoms with Crippen molar-refractivity contribution in [2.75, 3.05) is 13.2 Å². The molecule has 4 nitrogen and oxygen atoms in total. The lowest BCUT2D eigenvalue weighted by molar-refractivity contribution is -0.121. The number of benzene rings is 3. The fraction of sp³-hybridized carbons (Fsp3) is 0.143. The van der Waals surface area contributed by atoms with Gasteiger partial charge >= 0.3 is 0 Å². The zero-order valence-corrected chi connectivity index (χ0v) is 17.7. The Morgan fingerprint density at radius 3 is 2.25 bits per heavy atom. The quantitative estimate of drug-likeness (QED) is 0.430. The Balaban J connectivity index is 1.30. The Morgan fingerprint density at radius 2 is 1.53 bits per heavy atom. The summed E-state index contributed by atoms with van der Waals surface area (Å²) >= 11 is 0. The molecule has 0 aliphatic rings. The predicted molar refractivity (Wildman–Crippen MR) is 127 cm³/mol. The fourth-order valence-electron chi connectivity index (χ4n) is 3.62. The van der Waals surface area contributed by atoms with Crippen molar-refractivity contribution in [2.24, 2.45) is 0 Å². The average Bonchev–Trinajstić information content (AvgIpc) is 2.86. The van der Waals surface area contributed by atoms with Crippen molar-refractivity contribution in [1.82, 2.24) is 10.3 Å². The van der Waals surface area contributed by atoms with E-state index in [1.54, 1.807) is 6.20 Å². The van der Waals surface area contributed by atoms with E-state index in [9.17, 15) is 4.79 Å². The van der Waals surface area contributed by atoms with Crippen molar-refractivity contribution in [2.45, 2.75) is 12.3 Å². The SMILES string of the molecule is O=C(CC(c1ccccc1)c1ccccc1)NCC#CCOc1cccc2cccnc12. The van der Waals surface area contributed by atoms with Crippen LogP contribution in [0, 0.1) is 11.8 Å². The van der Waals surface area contributed by atoms with Gasteiger partial charge in [-0.1, -0.05) is 90.7 Å². The van der Waals surface area contributed by atoms with Crippen LogP contribution >= 0.6 is 0 Å². The lowest BCUT2D eigenvalue weighted by Gasteiger charge is -2.17. The topological polar surface area (TPSA) is 51.2 Å². The van der Waals surface area contributed by atoms with E-state index in [2.05, 4.69) is 46.4 Å². The maximum Gasteiger partial charge on any atom is 0.221 e. The number of hydrogen-bond donors (Lipinski definition) is 1. The molecule has 0 bridgehead atoms. The van der Waals surface area contributed by atoms with E-state index in [1.165, 1.54) is 0 Å². The van der Waals surface area contributed by atoms with Gasteiger partial charge < -0.3 is 10.1 Å². The zero-order chi connectivity index (χ0) is 22.0. The molecule has 0 aliphatic heterocycles. The van der Waals surface area contributed by atoms with Gasteiger partial charge in [0.05, 0.1) is 6.54 Å². The van der Waals surface area contributed by atoms with Crippen molar-refractivity contribution in [3.8, 4) is 17.6 Å². The minimum Gasteiger partial charge on any atom is -0.479 e. The maximum absolute atomic E-state index is 12.6. The van der Waals surface area contributed by atoms with Crippen LogP contribution in [0.3, 0.4) is 0 Å². The van der Waals surface area contributed by atoms with Crippen molar-refractivity contribution >= 4 is 16.8 Å². The maximum atomic E-state index is 12.6. The molecule has 0 fully saturated rings. The fourth-order valence-corrected chi connectivity index (χ4v) is 3.62. The molecule has 0 unspecified atom stereocenters. The number of nitrogens with zero attached hydrogens (tertiary/aromatic N) is 1. The van der Waals surface area contributed by atoms with E-state index in [4.69, 9.17) is 4.74 Å². The van der Waals surface area contributed by atoms with Crippen LogP contribution in [0.25, 0.3) is 10.9 Å². The lowest BCUT2D eigenvalue weighted by atomic mass is 9.88. The zero-order valence-electron chi connectivity index (χ0n) is 17.7. The number of carbonyl (C=O) groups excluding carboxylic acids is 1. The molecular weight excluding hydrogens is 396 g/mol. The van der Waals surface area contributed by atoms with Crippen LogP contribution in [0.2, 0.25) is 0 Å². The molecular formula is C28H24N2O2. The summed E-state index contributed by atoms with van der Waals surface area (Å²) in [4.78, 5) is 16.9. The van der Waals surface area contributed by atoms with E-state index in [1.807, 2.05) is 66.7 Å². The molecule has 0 atom stereocenters. The number of rotatable bonds is 7. The highest BCUT2D eigenvalue weighted by atomic mass is 16.5. The van der Waals surface area contributed by atoms with Gasteiger partial charge in [-0.3, -0.25) is 9.78 Å². The number of ether oxygens (including phenoxy) is 1. The Labute approximate surface area is 188 Å². The number of nitrogens with one attached hydrogen (secondary N) is 1. The highest BCUT2D eigenvalue weighted by Crippen LogP contribution is 2.27. The van der Waals surface area contributed by atoms with Crippen LogP contribution in [-0.4, -0.2) is 24.0 Å². The standard InChI is InChI=1S/C28H24N2O2/c31-27(21-25(22-11-3-1-4-12-22)23-13-5-2-6-14-23)29-18-7-8-20-32-26-17-9-15-24-16-10-19-30-28(24)26/h1-6,9-17,19,25H,18,20-21H2,(H,29,31). The number of pyridine rings is 1. The average molecular weight is 421 g/mol. The molecule has 0 saturated carbocycles. The Bertz CT molecular complexity index is 1180. The first-order valence-electron chi connectivity index (χ1n) is 10.6. The highest BCUT2D eigenvalue weighted by molar-refractivity contribution is 5.84. The third kappa shape index (κ3) is 5.53. The third-order valence-electron chi connectivity index (χ3n) is 5.19. The molecule has 0 saturated heterocycles. The van der Waals surface area contributed by atoms with Crippen molar-refractivity contribution in [3.05, 3.63) is 108 Å². The Hall–Kier alpha value is -4.10. The number of amides is 1. The second-order valence-electron chi connectivity index (χ2n) is 7.33. The van der Waals surface area contributed by atoms with Crippen molar-refractivity contribution in [3.63, 3.8) is 0 Å². The van der Waals surface area contributed by atoms with E-state index < -0.39 is 0 Å². The van der Waals surface area contributed by atoms with E-state index in [0.717, 1.165) is 22.0 Å². The predicted octanol–water partition coefficient (Wildman–Crippen LogP) is 4.96. The molecule has 158 valence electrons. The number of fused-ring (bicyclic) bond motifs is 1. The summed E-state index contributed by atoms with van der Waals surface area (Å²) in [5, 5.41) is 3.93. The number of hydrogen-bond acceptors (Lipinski definition) is 3. The lowest BCUT2D eigenvalue weighted by Crippen LogP contribution is -2.25. The number of aromatic nitrogens is 1. The van der Waals surface area contributed by atoms with Crippen molar-refractivity contribution in [1.29, 1.82) is 0 Å². The van der Waals surface area contributed by atoms with Crippen LogP contribution < -0.4 is 10.1 Å². The van der Waals surface area contributed by atoms with Crippen LogP contribution in [-0.2, 0) is 4.79 Å². The molecule has 3 aromatic carbocycles. The van der Waals surface area contributed by atoms with E-state index in [0.29, 0.717) is 12.2 Å². The largest absolute Gasteiger partial charge is 0.479 e. The smallest absolute Gasteiger partial charge is 0.221 e. The van der Waals surface area contributed by atoms with Crippen LogP contribution in [0.1, 0.15) is 23.5 Å². The molecule has 1 N–H and O–H groups in total. The molecule has 4 heteroatoms. The molecule has 0 radical (unpaired) electrons. The second kappa shape index (κ2) is 10.8. The van der Waals surface area contributed by atoms with Gasteiger partial charge in [-0.05, 0) is 23.3 Å². The second-order valence-corrected chi connectivity index (χ2v) is 7.33. The third-order valence-corrected chi connectivity index (χ3v) is 5.19. The van der Waals surface area contributed by atoms with Gasteiger partial charge in [0.25, 0.3) is 0 Å². The van der Waals surface area contributed by atoms with E-state index >= 15 is 0 Å². The Kier molecular flexibility index (Phi) is 7.13. The number of carbonyl (C=O) groups is 1. The molecule has 1 heterocycles. The summed E-state index contributed by atoms with van der Waals surface area (Å²) in [6, 6.07) is 29.9. The highest BCUT2D eigenvalue weighted by Gasteiger charge is 2.17. The minimum absolute atomic E-state index is 0.00699. The summed E-state index contributed by atoms with van der Waals surface area (Å²) in [5.74, 6) is 6.60. The summed E-state index contributed by atoms with van der Waals surface area (Å²) < 4.78 is 5.76. The van der Waals surface area contributed by atoms with Gasteiger partial charge in [0.1, 0.15) is 17.9 Å². The van der Waals surface area contributed by atoms with Gasteiger partial charge in [0.2, 0.25) is 5.91 Å². The van der Waals surface area contributed by atoms with Gasteiger partial charge in [0.15, 0.2) is 0 Å². The summed E-state index contributed by atoms with van der Waals surface area (Å²) in [6.07, 6.45) is 2.11. The minimum atomic E-state index is -0.0313. The monoisotopic (exact) mass is 420 g/mol. The summed E-state index contributed by atoms with van der Waals surface area (Å²) in [6.45, 7) is 0.522. The molecule has 4 rings (SSSR count). The molecule has 4 aromatic rings. The van der Waals surface area contributed by atoms with Gasteiger partial charge in [0, 0.05) is 23.9 Å². The molecule has 1 aromatic heterocycles. The first-order chi connectivity index (χ1) is 15.8.